The Balaban J connectivity index is 1.35. The summed E-state index contributed by atoms with van der Waals surface area (Å²) in [6.45, 7) is 1.94. The monoisotopic (exact) mass is 478 g/mol. The fraction of sp³-hybridized carbons (Fsp3) is 0.464. The molecule has 4 rings (SSSR count). The molecular formula is C28H34N2O5. The maximum atomic E-state index is 13.3. The summed E-state index contributed by atoms with van der Waals surface area (Å²) in [6.07, 6.45) is 4.83. The third-order valence-corrected chi connectivity index (χ3v) is 7.97. The highest BCUT2D eigenvalue weighted by Crippen LogP contribution is 2.51. The number of ether oxygens (including phenoxy) is 1. The molecule has 2 aliphatic carbocycles. The number of amides is 2. The number of ketones is 1. The van der Waals surface area contributed by atoms with Crippen molar-refractivity contribution in [3.05, 3.63) is 54.1 Å². The Morgan fingerprint density at radius 1 is 1.06 bits per heavy atom. The molecule has 0 aromatic heterocycles. The Morgan fingerprint density at radius 2 is 1.80 bits per heavy atom. The maximum Gasteiger partial charge on any atom is 0.323 e. The van der Waals surface area contributed by atoms with Crippen LogP contribution in [0.4, 0.5) is 16.2 Å². The Morgan fingerprint density at radius 3 is 2.49 bits per heavy atom. The van der Waals surface area contributed by atoms with E-state index in [4.69, 9.17) is 4.74 Å². The fourth-order valence-corrected chi connectivity index (χ4v) is 5.98. The van der Waals surface area contributed by atoms with Crippen molar-refractivity contribution in [1.29, 1.82) is 0 Å². The molecule has 2 fully saturated rings. The third kappa shape index (κ3) is 5.50. The van der Waals surface area contributed by atoms with E-state index < -0.39 is 11.4 Å². The number of carboxylic acids is 1. The smallest absolute Gasteiger partial charge is 0.323 e. The van der Waals surface area contributed by atoms with Crippen molar-refractivity contribution in [3.63, 3.8) is 0 Å². The number of methoxy groups -OCH3 is 1. The lowest BCUT2D eigenvalue weighted by Crippen LogP contribution is -2.46. The van der Waals surface area contributed by atoms with Gasteiger partial charge in [0.05, 0.1) is 13.5 Å². The van der Waals surface area contributed by atoms with E-state index in [-0.39, 0.29) is 24.2 Å². The molecule has 0 radical (unpaired) electrons. The van der Waals surface area contributed by atoms with Crippen LogP contribution in [0.2, 0.25) is 0 Å². The molecule has 0 aliphatic heterocycles. The lowest BCUT2D eigenvalue weighted by atomic mass is 9.56. The van der Waals surface area contributed by atoms with E-state index in [9.17, 15) is 19.5 Å². The van der Waals surface area contributed by atoms with E-state index >= 15 is 0 Å². The molecule has 0 spiro atoms. The summed E-state index contributed by atoms with van der Waals surface area (Å²) in [7, 11) is 1.58. The molecule has 7 nitrogen and oxygen atoms in total. The lowest BCUT2D eigenvalue weighted by Gasteiger charge is -2.46. The molecule has 2 saturated carbocycles. The second-order valence-electron chi connectivity index (χ2n) is 9.92. The summed E-state index contributed by atoms with van der Waals surface area (Å²) in [5.74, 6) is 0.653. The lowest BCUT2D eigenvalue weighted by molar-refractivity contribution is -0.151. The molecule has 3 N–H and O–H groups in total. The number of fused-ring (bicyclic) bond motifs is 1. The zero-order valence-corrected chi connectivity index (χ0v) is 20.4. The van der Waals surface area contributed by atoms with E-state index in [1.165, 1.54) is 5.56 Å². The normalized spacial score (nSPS) is 25.9. The van der Waals surface area contributed by atoms with Crippen LogP contribution in [0.25, 0.3) is 0 Å². The number of benzene rings is 2. The zero-order chi connectivity index (χ0) is 25.0. The first-order valence-electron chi connectivity index (χ1n) is 12.4. The standard InChI is InChI=1S/C28H34N2O5/c1-3-28(17-25(31)32)14-13-20-15-19(9-12-24(20)26(28)33)18-7-10-21(11-8-18)29-27(34)30-22-5-4-6-23(16-22)35-2/h4-8,10-11,16,19-20,24H,3,9,12-15,17H2,1-2H3,(H,31,32)(H2,29,30,34). The van der Waals surface area contributed by atoms with E-state index in [0.29, 0.717) is 41.8 Å². The van der Waals surface area contributed by atoms with Gasteiger partial charge in [-0.15, -0.1) is 0 Å². The summed E-state index contributed by atoms with van der Waals surface area (Å²) in [6, 6.07) is 14.8. The molecule has 0 heterocycles. The second-order valence-corrected chi connectivity index (χ2v) is 9.92. The number of Topliss-reactive ketones (excluding diaryl/α,β-unsaturated/α-hetero) is 1. The van der Waals surface area contributed by atoms with Gasteiger partial charge in [-0.25, -0.2) is 4.79 Å². The van der Waals surface area contributed by atoms with Gasteiger partial charge in [0.1, 0.15) is 11.5 Å². The van der Waals surface area contributed by atoms with Crippen LogP contribution < -0.4 is 15.4 Å². The summed E-state index contributed by atoms with van der Waals surface area (Å²) in [5, 5.41) is 15.0. The van der Waals surface area contributed by atoms with Crippen LogP contribution in [-0.2, 0) is 9.59 Å². The van der Waals surface area contributed by atoms with E-state index in [1.54, 1.807) is 19.2 Å². The highest BCUT2D eigenvalue weighted by atomic mass is 16.5. The number of hydrogen-bond acceptors (Lipinski definition) is 4. The van der Waals surface area contributed by atoms with E-state index in [2.05, 4.69) is 22.8 Å². The van der Waals surface area contributed by atoms with Crippen LogP contribution in [0.3, 0.4) is 0 Å². The Bertz CT molecular complexity index is 1080. The van der Waals surface area contributed by atoms with Gasteiger partial charge in [-0.2, -0.15) is 0 Å². The minimum absolute atomic E-state index is 0.0134. The number of carboxylic acid groups (broad SMARTS) is 1. The van der Waals surface area contributed by atoms with Crippen LogP contribution in [0.15, 0.2) is 48.5 Å². The van der Waals surface area contributed by atoms with Gasteiger partial charge >= 0.3 is 12.0 Å². The van der Waals surface area contributed by atoms with Gasteiger partial charge in [-0.3, -0.25) is 9.59 Å². The number of nitrogens with one attached hydrogen (secondary N) is 2. The minimum Gasteiger partial charge on any atom is -0.497 e. The topological polar surface area (TPSA) is 105 Å². The van der Waals surface area contributed by atoms with Gasteiger partial charge in [-0.1, -0.05) is 25.1 Å². The molecule has 186 valence electrons. The highest BCUT2D eigenvalue weighted by molar-refractivity contribution is 5.99. The predicted molar refractivity (Wildman–Crippen MR) is 135 cm³/mol. The molecule has 2 amide bonds. The quantitative estimate of drug-likeness (QED) is 0.448. The molecule has 4 atom stereocenters. The SMILES string of the molecule is CCC1(CC(=O)O)CCC2CC(c3ccc(NC(=O)Nc4cccc(OC)c4)cc3)CCC2C1=O. The van der Waals surface area contributed by atoms with Crippen molar-refractivity contribution in [2.45, 2.75) is 57.8 Å². The average Bonchev–Trinajstić information content (AvgIpc) is 2.86. The zero-order valence-electron chi connectivity index (χ0n) is 20.4. The van der Waals surface area contributed by atoms with Gasteiger partial charge in [0.25, 0.3) is 0 Å². The van der Waals surface area contributed by atoms with E-state index in [0.717, 1.165) is 25.7 Å². The Labute approximate surface area is 206 Å². The molecule has 0 saturated heterocycles. The fourth-order valence-electron chi connectivity index (χ4n) is 5.98. The molecule has 0 bridgehead atoms. The molecule has 7 heteroatoms. The first-order chi connectivity index (χ1) is 16.8. The van der Waals surface area contributed by atoms with Crippen molar-refractivity contribution in [3.8, 4) is 5.75 Å². The Kier molecular flexibility index (Phi) is 7.43. The van der Waals surface area contributed by atoms with Crippen LogP contribution in [0.5, 0.6) is 5.75 Å². The molecule has 2 aromatic carbocycles. The average molecular weight is 479 g/mol. The molecule has 4 unspecified atom stereocenters. The molecule has 35 heavy (non-hydrogen) atoms. The van der Waals surface area contributed by atoms with Gasteiger partial charge < -0.3 is 20.5 Å². The van der Waals surface area contributed by atoms with Gasteiger partial charge in [-0.05, 0) is 80.2 Å². The molecule has 2 aromatic rings. The van der Waals surface area contributed by atoms with Crippen molar-refractivity contribution in [2.75, 3.05) is 17.7 Å². The number of hydrogen-bond donors (Lipinski definition) is 3. The largest absolute Gasteiger partial charge is 0.497 e. The second kappa shape index (κ2) is 10.5. The van der Waals surface area contributed by atoms with Crippen LogP contribution in [0, 0.1) is 17.3 Å². The number of carbonyl (C=O) groups is 3. The Hall–Kier alpha value is -3.35. The predicted octanol–water partition coefficient (Wildman–Crippen LogP) is 6.07. The van der Waals surface area contributed by atoms with Gasteiger partial charge in [0.2, 0.25) is 0 Å². The van der Waals surface area contributed by atoms with Crippen molar-refractivity contribution >= 4 is 29.2 Å². The summed E-state index contributed by atoms with van der Waals surface area (Å²) in [5.41, 5.74) is 1.89. The van der Waals surface area contributed by atoms with Gasteiger partial charge in [0.15, 0.2) is 0 Å². The van der Waals surface area contributed by atoms with E-state index in [1.807, 2.05) is 31.2 Å². The first-order valence-corrected chi connectivity index (χ1v) is 12.4. The first kappa shape index (κ1) is 24.8. The maximum absolute atomic E-state index is 13.3. The van der Waals surface area contributed by atoms with Crippen molar-refractivity contribution in [1.82, 2.24) is 0 Å². The minimum atomic E-state index is -0.877. The highest BCUT2D eigenvalue weighted by Gasteiger charge is 2.50. The number of urea groups is 1. The number of carbonyl (C=O) groups excluding carboxylic acids is 2. The van der Waals surface area contributed by atoms with Crippen LogP contribution in [0.1, 0.15) is 63.4 Å². The summed E-state index contributed by atoms with van der Waals surface area (Å²) >= 11 is 0. The van der Waals surface area contributed by atoms with Crippen LogP contribution in [-0.4, -0.2) is 30.0 Å². The third-order valence-electron chi connectivity index (χ3n) is 7.97. The summed E-state index contributed by atoms with van der Waals surface area (Å²) < 4.78 is 5.18. The van der Waals surface area contributed by atoms with Crippen molar-refractivity contribution in [2.24, 2.45) is 17.3 Å². The van der Waals surface area contributed by atoms with Crippen molar-refractivity contribution < 1.29 is 24.2 Å². The molecule has 2 aliphatic rings. The number of rotatable bonds is 7. The number of aliphatic carboxylic acids is 1. The number of anilines is 2. The van der Waals surface area contributed by atoms with Crippen LogP contribution >= 0.6 is 0 Å². The van der Waals surface area contributed by atoms with Gasteiger partial charge in [0, 0.05) is 28.8 Å². The molecular weight excluding hydrogens is 444 g/mol. The summed E-state index contributed by atoms with van der Waals surface area (Å²) in [4.78, 5) is 37.1.